The van der Waals surface area contributed by atoms with E-state index in [0.717, 1.165) is 5.56 Å². The molecule has 3 rings (SSSR count). The van der Waals surface area contributed by atoms with E-state index < -0.39 is 5.91 Å². The Morgan fingerprint density at radius 3 is 2.63 bits per heavy atom. The molecule has 1 heterocycles. The third-order valence-corrected chi connectivity index (χ3v) is 4.63. The summed E-state index contributed by atoms with van der Waals surface area (Å²) in [5, 5.41) is 3.50. The van der Waals surface area contributed by atoms with Gasteiger partial charge in [-0.25, -0.2) is 0 Å². The summed E-state index contributed by atoms with van der Waals surface area (Å²) in [7, 11) is 1.33. The Hall–Kier alpha value is -2.76. The molecular formula is C20H15Cl2NO4. The van der Waals surface area contributed by atoms with Gasteiger partial charge in [0.05, 0.1) is 23.6 Å². The van der Waals surface area contributed by atoms with Crippen molar-refractivity contribution in [2.45, 2.75) is 6.42 Å². The van der Waals surface area contributed by atoms with Crippen LogP contribution in [-0.4, -0.2) is 19.0 Å². The maximum absolute atomic E-state index is 12.4. The minimum Gasteiger partial charge on any atom is -0.469 e. The fourth-order valence-corrected chi connectivity index (χ4v) is 2.88. The Morgan fingerprint density at radius 1 is 1.07 bits per heavy atom. The number of carbonyl (C=O) groups is 2. The van der Waals surface area contributed by atoms with E-state index in [0.29, 0.717) is 27.1 Å². The van der Waals surface area contributed by atoms with Crippen LogP contribution in [0.3, 0.4) is 0 Å². The number of rotatable bonds is 5. The average Bonchev–Trinajstić information content (AvgIpc) is 3.14. The molecule has 0 spiro atoms. The topological polar surface area (TPSA) is 68.5 Å². The third-order valence-electron chi connectivity index (χ3n) is 3.81. The molecule has 0 atom stereocenters. The first kappa shape index (κ1) is 19.0. The van der Waals surface area contributed by atoms with Gasteiger partial charge in [-0.2, -0.15) is 0 Å². The summed E-state index contributed by atoms with van der Waals surface area (Å²) in [6.45, 7) is 0. The summed E-state index contributed by atoms with van der Waals surface area (Å²) < 4.78 is 10.3. The molecule has 1 N–H and O–H groups in total. The number of benzene rings is 2. The Morgan fingerprint density at radius 2 is 1.85 bits per heavy atom. The second-order valence-electron chi connectivity index (χ2n) is 5.67. The first-order valence-corrected chi connectivity index (χ1v) is 8.75. The summed E-state index contributed by atoms with van der Waals surface area (Å²) >= 11 is 12.2. The number of esters is 1. The molecule has 7 heteroatoms. The van der Waals surface area contributed by atoms with Crippen molar-refractivity contribution in [3.05, 3.63) is 76.0 Å². The molecule has 5 nitrogen and oxygen atoms in total. The first-order chi connectivity index (χ1) is 13.0. The summed E-state index contributed by atoms with van der Waals surface area (Å²) in [6.07, 6.45) is 0.123. The first-order valence-electron chi connectivity index (χ1n) is 7.99. The molecule has 0 aliphatic carbocycles. The number of nitrogens with one attached hydrogen (secondary N) is 1. The van der Waals surface area contributed by atoms with Crippen molar-refractivity contribution < 1.29 is 18.7 Å². The third kappa shape index (κ3) is 4.51. The van der Waals surface area contributed by atoms with Crippen molar-refractivity contribution in [3.8, 4) is 11.3 Å². The van der Waals surface area contributed by atoms with E-state index in [-0.39, 0.29) is 18.2 Å². The van der Waals surface area contributed by atoms with E-state index in [1.165, 1.54) is 7.11 Å². The van der Waals surface area contributed by atoms with Crippen LogP contribution < -0.4 is 5.32 Å². The second kappa shape index (κ2) is 8.29. The number of hydrogen-bond acceptors (Lipinski definition) is 4. The van der Waals surface area contributed by atoms with Gasteiger partial charge in [-0.1, -0.05) is 41.4 Å². The lowest BCUT2D eigenvalue weighted by atomic mass is 10.1. The smallest absolute Gasteiger partial charge is 0.309 e. The number of anilines is 1. The van der Waals surface area contributed by atoms with Gasteiger partial charge in [0.25, 0.3) is 5.91 Å². The Labute approximate surface area is 165 Å². The van der Waals surface area contributed by atoms with E-state index in [4.69, 9.17) is 27.6 Å². The molecule has 0 saturated heterocycles. The monoisotopic (exact) mass is 403 g/mol. The van der Waals surface area contributed by atoms with Crippen LogP contribution in [0.4, 0.5) is 5.69 Å². The molecule has 0 aliphatic heterocycles. The van der Waals surface area contributed by atoms with Crippen molar-refractivity contribution in [1.29, 1.82) is 0 Å². The number of carbonyl (C=O) groups excluding carboxylic acids is 2. The molecule has 1 aromatic heterocycles. The van der Waals surface area contributed by atoms with Crippen molar-refractivity contribution >= 4 is 40.8 Å². The normalized spacial score (nSPS) is 10.5. The molecule has 27 heavy (non-hydrogen) atoms. The lowest BCUT2D eigenvalue weighted by Crippen LogP contribution is -2.11. The maximum atomic E-state index is 12.4. The highest BCUT2D eigenvalue weighted by atomic mass is 35.5. The summed E-state index contributed by atoms with van der Waals surface area (Å²) in [4.78, 5) is 23.8. The highest BCUT2D eigenvalue weighted by Gasteiger charge is 2.15. The Balaban J connectivity index is 1.76. The SMILES string of the molecule is COC(=O)Cc1cccc(NC(=O)c2ccc(-c3cccc(Cl)c3Cl)o2)c1. The van der Waals surface area contributed by atoms with Crippen LogP contribution in [0.5, 0.6) is 0 Å². The van der Waals surface area contributed by atoms with Crippen LogP contribution in [0.15, 0.2) is 59.0 Å². The number of ether oxygens (including phenoxy) is 1. The van der Waals surface area contributed by atoms with Crippen molar-refractivity contribution in [3.63, 3.8) is 0 Å². The van der Waals surface area contributed by atoms with Gasteiger partial charge in [0.2, 0.25) is 0 Å². The predicted molar refractivity (Wildman–Crippen MR) is 104 cm³/mol. The molecule has 3 aromatic rings. The van der Waals surface area contributed by atoms with Gasteiger partial charge in [0.15, 0.2) is 5.76 Å². The minimum atomic E-state index is -0.422. The molecule has 0 bridgehead atoms. The zero-order valence-electron chi connectivity index (χ0n) is 14.3. The molecule has 138 valence electrons. The van der Waals surface area contributed by atoms with Crippen LogP contribution in [0.2, 0.25) is 10.0 Å². The Kier molecular flexibility index (Phi) is 5.84. The van der Waals surface area contributed by atoms with Gasteiger partial charge in [-0.05, 0) is 42.0 Å². The molecular weight excluding hydrogens is 389 g/mol. The van der Waals surface area contributed by atoms with Crippen LogP contribution in [0.25, 0.3) is 11.3 Å². The summed E-state index contributed by atoms with van der Waals surface area (Å²) in [5.74, 6) is -0.214. The van der Waals surface area contributed by atoms with E-state index >= 15 is 0 Å². The van der Waals surface area contributed by atoms with Crippen molar-refractivity contribution in [1.82, 2.24) is 0 Å². The molecule has 0 fully saturated rings. The number of amides is 1. The minimum absolute atomic E-state index is 0.123. The van der Waals surface area contributed by atoms with E-state index in [9.17, 15) is 9.59 Å². The van der Waals surface area contributed by atoms with Crippen molar-refractivity contribution in [2.24, 2.45) is 0 Å². The fraction of sp³-hybridized carbons (Fsp3) is 0.100. The van der Waals surface area contributed by atoms with Gasteiger partial charge in [-0.3, -0.25) is 9.59 Å². The molecule has 2 aromatic carbocycles. The number of halogens is 2. The van der Waals surface area contributed by atoms with Gasteiger partial charge >= 0.3 is 5.97 Å². The van der Waals surface area contributed by atoms with Gasteiger partial charge in [0.1, 0.15) is 5.76 Å². The van der Waals surface area contributed by atoms with E-state index in [1.54, 1.807) is 54.6 Å². The lowest BCUT2D eigenvalue weighted by molar-refractivity contribution is -0.139. The molecule has 0 aliphatic rings. The molecule has 0 unspecified atom stereocenters. The average molecular weight is 404 g/mol. The Bertz CT molecular complexity index is 997. The largest absolute Gasteiger partial charge is 0.469 e. The lowest BCUT2D eigenvalue weighted by Gasteiger charge is -2.06. The van der Waals surface area contributed by atoms with Crippen LogP contribution in [-0.2, 0) is 16.0 Å². The molecule has 0 saturated carbocycles. The number of methoxy groups -OCH3 is 1. The van der Waals surface area contributed by atoms with Crippen molar-refractivity contribution in [2.75, 3.05) is 12.4 Å². The zero-order valence-corrected chi connectivity index (χ0v) is 15.8. The van der Waals surface area contributed by atoms with Gasteiger partial charge in [0, 0.05) is 11.3 Å². The van der Waals surface area contributed by atoms with Crippen LogP contribution >= 0.6 is 23.2 Å². The molecule has 0 radical (unpaired) electrons. The maximum Gasteiger partial charge on any atom is 0.309 e. The highest BCUT2D eigenvalue weighted by molar-refractivity contribution is 6.43. The van der Waals surface area contributed by atoms with Crippen LogP contribution in [0.1, 0.15) is 16.1 Å². The fourth-order valence-electron chi connectivity index (χ4n) is 2.49. The predicted octanol–water partition coefficient (Wildman–Crippen LogP) is 5.22. The summed E-state index contributed by atoms with van der Waals surface area (Å²) in [6, 6.07) is 15.3. The van der Waals surface area contributed by atoms with E-state index in [1.807, 2.05) is 0 Å². The number of hydrogen-bond donors (Lipinski definition) is 1. The standard InChI is InChI=1S/C20H15Cl2NO4/c1-26-18(24)11-12-4-2-5-13(10-12)23-20(25)17-9-8-16(27-17)14-6-3-7-15(21)19(14)22/h2-10H,11H2,1H3,(H,23,25). The second-order valence-corrected chi connectivity index (χ2v) is 6.46. The van der Waals surface area contributed by atoms with Gasteiger partial charge in [-0.15, -0.1) is 0 Å². The van der Waals surface area contributed by atoms with E-state index in [2.05, 4.69) is 10.1 Å². The van der Waals surface area contributed by atoms with Gasteiger partial charge < -0.3 is 14.5 Å². The quantitative estimate of drug-likeness (QED) is 0.592. The zero-order chi connectivity index (χ0) is 19.4. The summed E-state index contributed by atoms with van der Waals surface area (Å²) in [5.41, 5.74) is 1.87. The highest BCUT2D eigenvalue weighted by Crippen LogP contribution is 2.34. The van der Waals surface area contributed by atoms with Crippen LogP contribution in [0, 0.1) is 0 Å². The number of furan rings is 1. The molecule has 1 amide bonds.